The molecule has 2 saturated heterocycles. The Labute approximate surface area is 62.8 Å². The molecule has 0 radical (unpaired) electrons. The van der Waals surface area contributed by atoms with E-state index in [4.69, 9.17) is 0 Å². The van der Waals surface area contributed by atoms with Gasteiger partial charge in [0.05, 0.1) is 0 Å². The molecule has 0 aromatic heterocycles. The van der Waals surface area contributed by atoms with Crippen molar-refractivity contribution < 1.29 is 0 Å². The van der Waals surface area contributed by atoms with E-state index >= 15 is 0 Å². The van der Waals surface area contributed by atoms with Crippen LogP contribution in [0.1, 0.15) is 12.8 Å². The molecule has 0 saturated carbocycles. The van der Waals surface area contributed by atoms with Crippen molar-refractivity contribution in [2.45, 2.75) is 24.9 Å². The predicted molar refractivity (Wildman–Crippen MR) is 42.1 cm³/mol. The number of hydrogen-bond donors (Lipinski definition) is 0. The van der Waals surface area contributed by atoms with Crippen molar-refractivity contribution in [2.75, 3.05) is 27.2 Å². The summed E-state index contributed by atoms with van der Waals surface area (Å²) in [5, 5.41) is 0. The van der Waals surface area contributed by atoms with Crippen LogP contribution >= 0.6 is 0 Å². The first-order valence-electron chi connectivity index (χ1n) is 4.19. The first-order valence-corrected chi connectivity index (χ1v) is 4.19. The van der Waals surface area contributed by atoms with Crippen molar-refractivity contribution in [3.8, 4) is 0 Å². The number of fused-ring (bicyclic) bond motifs is 1. The summed E-state index contributed by atoms with van der Waals surface area (Å²) in [4.78, 5) is 4.95. The molecule has 2 unspecified atom stereocenters. The van der Waals surface area contributed by atoms with Crippen LogP contribution in [0.15, 0.2) is 0 Å². The Hall–Kier alpha value is -0.0800. The third-order valence-corrected chi connectivity index (χ3v) is 3.01. The number of likely N-dealkylation sites (N-methyl/N-ethyl adjacent to an activating group) is 1. The van der Waals surface area contributed by atoms with Gasteiger partial charge in [-0.1, -0.05) is 0 Å². The van der Waals surface area contributed by atoms with Crippen LogP contribution in [0.4, 0.5) is 0 Å². The molecule has 0 spiro atoms. The highest BCUT2D eigenvalue weighted by molar-refractivity contribution is 5.01. The van der Waals surface area contributed by atoms with Crippen LogP contribution < -0.4 is 0 Å². The van der Waals surface area contributed by atoms with Crippen LogP contribution in [0.5, 0.6) is 0 Å². The highest BCUT2D eigenvalue weighted by Crippen LogP contribution is 2.33. The van der Waals surface area contributed by atoms with E-state index in [1.54, 1.807) is 0 Å². The van der Waals surface area contributed by atoms with E-state index in [-0.39, 0.29) is 0 Å². The molecular formula is C8H16N2. The Kier molecular flexibility index (Phi) is 1.46. The fraction of sp³-hybridized carbons (Fsp3) is 1.00. The molecule has 2 heteroatoms. The number of rotatable bonds is 0. The minimum absolute atomic E-state index is 0.935. The molecule has 2 atom stereocenters. The van der Waals surface area contributed by atoms with E-state index in [9.17, 15) is 0 Å². The smallest absolute Gasteiger partial charge is 0.0264 e. The average Bonchev–Trinajstić information content (AvgIpc) is 2.56. The van der Waals surface area contributed by atoms with E-state index in [0.717, 1.165) is 12.1 Å². The number of likely N-dealkylation sites (tertiary alicyclic amines) is 1. The molecule has 2 nitrogen and oxygen atoms in total. The molecule has 2 aliphatic heterocycles. The van der Waals surface area contributed by atoms with Crippen molar-refractivity contribution in [2.24, 2.45) is 0 Å². The van der Waals surface area contributed by atoms with Crippen molar-refractivity contribution in [3.63, 3.8) is 0 Å². The Morgan fingerprint density at radius 2 is 1.50 bits per heavy atom. The maximum Gasteiger partial charge on any atom is 0.0264 e. The third-order valence-electron chi connectivity index (χ3n) is 3.01. The topological polar surface area (TPSA) is 6.25 Å². The van der Waals surface area contributed by atoms with Gasteiger partial charge < -0.3 is 4.90 Å². The van der Waals surface area contributed by atoms with Crippen LogP contribution in [-0.2, 0) is 0 Å². The maximum atomic E-state index is 2.51. The lowest BCUT2D eigenvalue weighted by Gasteiger charge is -2.13. The van der Waals surface area contributed by atoms with Gasteiger partial charge in [-0.2, -0.15) is 0 Å². The molecule has 0 bridgehead atoms. The van der Waals surface area contributed by atoms with E-state index in [0.29, 0.717) is 0 Å². The summed E-state index contributed by atoms with van der Waals surface area (Å²) in [6.07, 6.45) is 2.77. The van der Waals surface area contributed by atoms with E-state index in [1.807, 2.05) is 0 Å². The Morgan fingerprint density at radius 1 is 1.00 bits per heavy atom. The van der Waals surface area contributed by atoms with Crippen LogP contribution in [0.2, 0.25) is 0 Å². The van der Waals surface area contributed by atoms with Crippen LogP contribution in [0.3, 0.4) is 0 Å². The lowest BCUT2D eigenvalue weighted by Crippen LogP contribution is -2.21. The summed E-state index contributed by atoms with van der Waals surface area (Å²) in [5.74, 6) is 0. The highest BCUT2D eigenvalue weighted by atomic mass is 15.3. The summed E-state index contributed by atoms with van der Waals surface area (Å²) < 4.78 is 0. The average molecular weight is 140 g/mol. The predicted octanol–water partition coefficient (Wildman–Crippen LogP) is 0.395. The summed E-state index contributed by atoms with van der Waals surface area (Å²) in [7, 11) is 4.48. The first kappa shape index (κ1) is 6.62. The second-order valence-electron chi connectivity index (χ2n) is 3.68. The normalized spacial score (nSPS) is 48.0. The Morgan fingerprint density at radius 3 is 2.00 bits per heavy atom. The summed E-state index contributed by atoms with van der Waals surface area (Å²) >= 11 is 0. The van der Waals surface area contributed by atoms with E-state index < -0.39 is 0 Å². The van der Waals surface area contributed by atoms with Gasteiger partial charge in [0.15, 0.2) is 0 Å². The zero-order valence-electron chi connectivity index (χ0n) is 6.88. The molecule has 0 N–H and O–H groups in total. The molecule has 10 heavy (non-hydrogen) atoms. The molecule has 2 aliphatic rings. The molecule has 0 amide bonds. The second kappa shape index (κ2) is 2.21. The summed E-state index contributed by atoms with van der Waals surface area (Å²) in [6.45, 7) is 2.59. The molecule has 0 aromatic rings. The van der Waals surface area contributed by atoms with Crippen molar-refractivity contribution in [1.82, 2.24) is 9.80 Å². The lowest BCUT2D eigenvalue weighted by molar-refractivity contribution is 0.318. The molecule has 2 rings (SSSR count). The summed E-state index contributed by atoms with van der Waals surface area (Å²) in [6, 6.07) is 1.87. The maximum absolute atomic E-state index is 2.51. The lowest BCUT2D eigenvalue weighted by atomic mass is 10.2. The Balaban J connectivity index is 1.91. The minimum Gasteiger partial charge on any atom is -0.306 e. The van der Waals surface area contributed by atoms with Gasteiger partial charge in [0.2, 0.25) is 0 Å². The van der Waals surface area contributed by atoms with Crippen molar-refractivity contribution >= 4 is 0 Å². The highest BCUT2D eigenvalue weighted by Gasteiger charge is 2.44. The summed E-state index contributed by atoms with van der Waals surface area (Å²) in [5.41, 5.74) is 0. The molecule has 0 aliphatic carbocycles. The van der Waals surface area contributed by atoms with Gasteiger partial charge in [0, 0.05) is 12.1 Å². The third kappa shape index (κ3) is 0.956. The van der Waals surface area contributed by atoms with E-state index in [2.05, 4.69) is 23.9 Å². The molecule has 0 aromatic carbocycles. The van der Waals surface area contributed by atoms with Gasteiger partial charge in [0.25, 0.3) is 0 Å². The number of hydrogen-bond acceptors (Lipinski definition) is 2. The van der Waals surface area contributed by atoms with Crippen molar-refractivity contribution in [1.29, 1.82) is 0 Å². The largest absolute Gasteiger partial charge is 0.306 e. The van der Waals surface area contributed by atoms with Gasteiger partial charge in [-0.05, 0) is 40.0 Å². The molecule has 58 valence electrons. The zero-order chi connectivity index (χ0) is 7.14. The van der Waals surface area contributed by atoms with Gasteiger partial charge in [-0.15, -0.1) is 0 Å². The fourth-order valence-electron chi connectivity index (χ4n) is 2.08. The van der Waals surface area contributed by atoms with Crippen molar-refractivity contribution in [3.05, 3.63) is 0 Å². The molecule has 2 fully saturated rings. The fourth-order valence-corrected chi connectivity index (χ4v) is 2.08. The van der Waals surface area contributed by atoms with Gasteiger partial charge in [-0.25, -0.2) is 0 Å². The van der Waals surface area contributed by atoms with Gasteiger partial charge in [0.1, 0.15) is 0 Å². The number of nitrogens with zero attached hydrogens (tertiary/aromatic N) is 2. The quantitative estimate of drug-likeness (QED) is 0.449. The molecular weight excluding hydrogens is 124 g/mol. The minimum atomic E-state index is 0.935. The Bertz CT molecular complexity index is 121. The molecule has 2 heterocycles. The van der Waals surface area contributed by atoms with Gasteiger partial charge >= 0.3 is 0 Å². The van der Waals surface area contributed by atoms with Gasteiger partial charge in [-0.3, -0.25) is 4.90 Å². The van der Waals surface area contributed by atoms with E-state index in [1.165, 1.54) is 25.9 Å². The standard InChI is InChI=1S/C8H16N2/c1-9-5-3-7-8(4-6-9)10(7)2/h7-8H,3-6H2,1-2H3. The van der Waals surface area contributed by atoms with Crippen LogP contribution in [-0.4, -0.2) is 49.1 Å². The zero-order valence-corrected chi connectivity index (χ0v) is 6.88. The monoisotopic (exact) mass is 140 g/mol. The van der Waals surface area contributed by atoms with Crippen LogP contribution in [0.25, 0.3) is 0 Å². The first-order chi connectivity index (χ1) is 4.79. The van der Waals surface area contributed by atoms with Crippen LogP contribution in [0, 0.1) is 0 Å². The SMILES string of the molecule is CN1CCC2C(CC1)N2C. The second-order valence-corrected chi connectivity index (χ2v) is 3.68.